The molecular weight excluding hydrogens is 243 g/mol. The highest BCUT2D eigenvalue weighted by Crippen LogP contribution is 2.22. The third kappa shape index (κ3) is 1.46. The van der Waals surface area contributed by atoms with Gasteiger partial charge in [0, 0.05) is 3.58 Å². The second-order valence-electron chi connectivity index (χ2n) is 2.09. The van der Waals surface area contributed by atoms with Crippen molar-refractivity contribution in [3.63, 3.8) is 0 Å². The van der Waals surface area contributed by atoms with Crippen LogP contribution in [0.25, 0.3) is 0 Å². The number of aliphatic hydroxyl groups excluding tert-OH is 1. The van der Waals surface area contributed by atoms with Crippen LogP contribution in [-0.4, -0.2) is 17.5 Å². The maximum atomic E-state index is 10.3. The predicted molar refractivity (Wildman–Crippen MR) is 46.8 cm³/mol. The molecule has 0 fully saturated rings. The molecule has 0 saturated heterocycles. The highest BCUT2D eigenvalue weighted by atomic mass is 127. The molecule has 0 aromatic carbocycles. The Hall–Kier alpha value is -0.160. The molecule has 54 valence electrons. The first-order valence-corrected chi connectivity index (χ1v) is 4.01. The number of hydrogen-bond donors (Lipinski definition) is 1. The number of aliphatic hydroxyl groups is 1. The van der Waals surface area contributed by atoms with E-state index in [2.05, 4.69) is 0 Å². The Morgan fingerprint density at radius 1 is 1.70 bits per heavy atom. The monoisotopic (exact) mass is 250 g/mol. The van der Waals surface area contributed by atoms with E-state index in [0.29, 0.717) is 0 Å². The van der Waals surface area contributed by atoms with Gasteiger partial charge >= 0.3 is 0 Å². The third-order valence-corrected chi connectivity index (χ3v) is 2.39. The molecule has 0 amide bonds. The molecule has 1 N–H and O–H groups in total. The number of carbonyl (C=O) groups is 1. The quantitative estimate of drug-likeness (QED) is 0.558. The maximum absolute atomic E-state index is 10.3. The molecule has 1 aliphatic carbocycles. The van der Waals surface area contributed by atoms with Gasteiger partial charge in [0.2, 0.25) is 0 Å². The molecule has 1 rings (SSSR count). The van der Waals surface area contributed by atoms with Crippen LogP contribution in [0.2, 0.25) is 0 Å². The molecule has 10 heavy (non-hydrogen) atoms. The zero-order chi connectivity index (χ0) is 7.56. The van der Waals surface area contributed by atoms with E-state index in [0.717, 1.165) is 9.87 Å². The van der Waals surface area contributed by atoms with Crippen LogP contribution in [0.5, 0.6) is 0 Å². The summed E-state index contributed by atoms with van der Waals surface area (Å²) < 4.78 is 0.817. The fourth-order valence-corrected chi connectivity index (χ4v) is 1.41. The van der Waals surface area contributed by atoms with E-state index < -0.39 is 6.10 Å². The lowest BCUT2D eigenvalue weighted by Crippen LogP contribution is -2.21. The number of hydrogen-bond acceptors (Lipinski definition) is 2. The summed E-state index contributed by atoms with van der Waals surface area (Å²) in [4.78, 5) is 10.3. The molecule has 0 aliphatic heterocycles. The Labute approximate surface area is 72.8 Å². The molecule has 3 heteroatoms. The van der Waals surface area contributed by atoms with E-state index >= 15 is 0 Å². The van der Waals surface area contributed by atoms with Crippen molar-refractivity contribution in [2.45, 2.75) is 6.10 Å². The Kier molecular flexibility index (Phi) is 2.62. The molecule has 0 heterocycles. The van der Waals surface area contributed by atoms with Gasteiger partial charge in [-0.15, -0.1) is 0 Å². The fourth-order valence-electron chi connectivity index (χ4n) is 0.783. The lowest BCUT2D eigenvalue weighted by atomic mass is 10.00. The number of rotatable bonds is 1. The van der Waals surface area contributed by atoms with E-state index in [4.69, 9.17) is 0 Å². The Morgan fingerprint density at radius 3 is 2.90 bits per heavy atom. The molecule has 0 saturated carbocycles. The van der Waals surface area contributed by atoms with Crippen molar-refractivity contribution >= 4 is 28.9 Å². The first-order valence-electron chi connectivity index (χ1n) is 2.93. The van der Waals surface area contributed by atoms with Crippen molar-refractivity contribution < 1.29 is 9.90 Å². The second kappa shape index (κ2) is 3.30. The molecule has 0 bridgehead atoms. The summed E-state index contributed by atoms with van der Waals surface area (Å²) in [6.45, 7) is 0. The Bertz CT molecular complexity index is 196. The topological polar surface area (TPSA) is 37.3 Å². The number of halogens is 1. The van der Waals surface area contributed by atoms with Crippen LogP contribution in [0.15, 0.2) is 21.8 Å². The highest BCUT2D eigenvalue weighted by molar-refractivity contribution is 14.1. The molecular formula is C7H7IO2. The van der Waals surface area contributed by atoms with Gasteiger partial charge in [0.25, 0.3) is 0 Å². The van der Waals surface area contributed by atoms with E-state index in [1.165, 1.54) is 0 Å². The van der Waals surface area contributed by atoms with Crippen LogP contribution >= 0.6 is 22.6 Å². The van der Waals surface area contributed by atoms with Crippen LogP contribution in [0, 0.1) is 5.92 Å². The maximum Gasteiger partial charge on any atom is 0.129 e. The standard InChI is InChI=1S/C7H7IO2/c8-6-3-1-2-5(4-9)7(6)10/h1-5,7,10H. The van der Waals surface area contributed by atoms with Crippen molar-refractivity contribution in [2.75, 3.05) is 0 Å². The third-order valence-electron chi connectivity index (χ3n) is 1.39. The smallest absolute Gasteiger partial charge is 0.129 e. The summed E-state index contributed by atoms with van der Waals surface area (Å²) >= 11 is 2.02. The first-order chi connectivity index (χ1) is 4.75. The lowest BCUT2D eigenvalue weighted by Gasteiger charge is -2.16. The van der Waals surface area contributed by atoms with Crippen LogP contribution in [0.4, 0.5) is 0 Å². The summed E-state index contributed by atoms with van der Waals surface area (Å²) in [7, 11) is 0. The van der Waals surface area contributed by atoms with E-state index in [9.17, 15) is 9.90 Å². The summed E-state index contributed by atoms with van der Waals surface area (Å²) in [5, 5.41) is 9.28. The van der Waals surface area contributed by atoms with Crippen molar-refractivity contribution in [3.8, 4) is 0 Å². The Morgan fingerprint density at radius 2 is 2.40 bits per heavy atom. The van der Waals surface area contributed by atoms with Crippen molar-refractivity contribution in [1.29, 1.82) is 0 Å². The van der Waals surface area contributed by atoms with Crippen LogP contribution < -0.4 is 0 Å². The highest BCUT2D eigenvalue weighted by Gasteiger charge is 2.19. The van der Waals surface area contributed by atoms with Crippen LogP contribution in [0.3, 0.4) is 0 Å². The first kappa shape index (κ1) is 7.94. The van der Waals surface area contributed by atoms with E-state index in [1.54, 1.807) is 18.2 Å². The largest absolute Gasteiger partial charge is 0.387 e. The van der Waals surface area contributed by atoms with Gasteiger partial charge in [-0.3, -0.25) is 0 Å². The molecule has 2 unspecified atom stereocenters. The lowest BCUT2D eigenvalue weighted by molar-refractivity contribution is -0.111. The van der Waals surface area contributed by atoms with Gasteiger partial charge in [0.05, 0.1) is 12.0 Å². The van der Waals surface area contributed by atoms with Gasteiger partial charge in [-0.2, -0.15) is 0 Å². The van der Waals surface area contributed by atoms with E-state index in [-0.39, 0.29) is 5.92 Å². The predicted octanol–water partition coefficient (Wildman–Crippen LogP) is 1.05. The Balaban J connectivity index is 2.77. The zero-order valence-corrected chi connectivity index (χ0v) is 7.36. The van der Waals surface area contributed by atoms with Crippen molar-refractivity contribution in [3.05, 3.63) is 21.8 Å². The van der Waals surface area contributed by atoms with Gasteiger partial charge < -0.3 is 9.90 Å². The summed E-state index contributed by atoms with van der Waals surface area (Å²) in [5.41, 5.74) is 0. The molecule has 2 nitrogen and oxygen atoms in total. The summed E-state index contributed by atoms with van der Waals surface area (Å²) in [6.07, 6.45) is 5.41. The van der Waals surface area contributed by atoms with Gasteiger partial charge in [-0.25, -0.2) is 0 Å². The minimum atomic E-state index is -0.622. The van der Waals surface area contributed by atoms with Crippen molar-refractivity contribution in [1.82, 2.24) is 0 Å². The van der Waals surface area contributed by atoms with Gasteiger partial charge in [0.15, 0.2) is 0 Å². The molecule has 0 spiro atoms. The molecule has 0 radical (unpaired) electrons. The summed E-state index contributed by atoms with van der Waals surface area (Å²) in [6, 6.07) is 0. The SMILES string of the molecule is O=CC1C=CC=C(I)C1O. The minimum Gasteiger partial charge on any atom is -0.387 e. The van der Waals surface area contributed by atoms with Crippen molar-refractivity contribution in [2.24, 2.45) is 5.92 Å². The fraction of sp³-hybridized carbons (Fsp3) is 0.286. The second-order valence-corrected chi connectivity index (χ2v) is 3.34. The van der Waals surface area contributed by atoms with Gasteiger partial charge in [0.1, 0.15) is 6.29 Å². The average molecular weight is 250 g/mol. The normalized spacial score (nSPS) is 31.6. The summed E-state index contributed by atoms with van der Waals surface area (Å²) in [5.74, 6) is -0.350. The van der Waals surface area contributed by atoms with Crippen LogP contribution in [0.1, 0.15) is 0 Å². The average Bonchev–Trinajstić information content (AvgIpc) is 1.95. The minimum absolute atomic E-state index is 0.350. The van der Waals surface area contributed by atoms with E-state index in [1.807, 2.05) is 22.6 Å². The molecule has 0 aromatic rings. The number of carbonyl (C=O) groups excluding carboxylic acids is 1. The van der Waals surface area contributed by atoms with Gasteiger partial charge in [-0.05, 0) is 22.6 Å². The number of aldehydes is 1. The molecule has 2 atom stereocenters. The molecule has 0 aromatic heterocycles. The molecule has 1 aliphatic rings. The number of allylic oxidation sites excluding steroid dienone is 2. The zero-order valence-electron chi connectivity index (χ0n) is 5.20. The van der Waals surface area contributed by atoms with Gasteiger partial charge in [-0.1, -0.05) is 18.2 Å². The van der Waals surface area contributed by atoms with Crippen LogP contribution in [-0.2, 0) is 4.79 Å².